The number of rotatable bonds is 3. The van der Waals surface area contributed by atoms with Crippen molar-refractivity contribution in [2.24, 2.45) is 5.92 Å². The highest BCUT2D eigenvalue weighted by molar-refractivity contribution is 5.99. The lowest BCUT2D eigenvalue weighted by Crippen LogP contribution is -2.47. The molecule has 1 aromatic carbocycles. The Morgan fingerprint density at radius 2 is 2.25 bits per heavy atom. The number of benzene rings is 1. The number of amides is 1. The van der Waals surface area contributed by atoms with Gasteiger partial charge in [-0.25, -0.2) is 0 Å². The number of carbonyl (C=O) groups excluding carboxylic acids is 1. The van der Waals surface area contributed by atoms with Gasteiger partial charge in [-0.1, -0.05) is 18.2 Å². The second-order valence-electron chi connectivity index (χ2n) is 6.70. The van der Waals surface area contributed by atoms with E-state index < -0.39 is 0 Å². The zero-order valence-corrected chi connectivity index (χ0v) is 14.4. The van der Waals surface area contributed by atoms with Crippen LogP contribution in [0.1, 0.15) is 29.1 Å². The van der Waals surface area contributed by atoms with Crippen LogP contribution in [0.25, 0.3) is 16.5 Å². The molecule has 2 aliphatic rings. The summed E-state index contributed by atoms with van der Waals surface area (Å²) in [5, 5.41) is 0.882. The van der Waals surface area contributed by atoms with Gasteiger partial charge in [0.1, 0.15) is 0 Å². The highest BCUT2D eigenvalue weighted by Crippen LogP contribution is 2.40. The van der Waals surface area contributed by atoms with E-state index in [9.17, 15) is 4.79 Å². The monoisotopic (exact) mass is 326 g/mol. The summed E-state index contributed by atoms with van der Waals surface area (Å²) >= 11 is 0. The van der Waals surface area contributed by atoms with Gasteiger partial charge in [0, 0.05) is 42.8 Å². The first-order chi connectivity index (χ1) is 12.9. The molecule has 1 amide bonds. The number of carbonyl (C=O) groups is 1. The van der Waals surface area contributed by atoms with E-state index in [1.807, 2.05) is 25.8 Å². The molecule has 0 bridgehead atoms. The van der Waals surface area contributed by atoms with E-state index in [1.165, 1.54) is 0 Å². The van der Waals surface area contributed by atoms with E-state index in [1.54, 1.807) is 6.07 Å². The minimum Gasteiger partial charge on any atom is -0.361 e. The summed E-state index contributed by atoms with van der Waals surface area (Å²) in [4.78, 5) is 20.0. The van der Waals surface area contributed by atoms with Crippen LogP contribution in [0, 0.1) is 5.92 Å². The standard InChI is InChI=1S/C20H25N3O/c1-4-23(5-2)20(24)14-9-16-15-7-6-8-17-19(15)13(11-21-17)10-18(16)22(3)12-14/h6-9,11,14,18,21H,4-5,10,12H2,1-3H3/t14-,18-/m1/s1/i6D,8D,11D. The number of aromatic amines is 1. The summed E-state index contributed by atoms with van der Waals surface area (Å²) in [6.07, 6.45) is 3.10. The molecule has 0 saturated heterocycles. The Labute approximate surface area is 147 Å². The third-order valence-electron chi connectivity index (χ3n) is 5.43. The van der Waals surface area contributed by atoms with Crippen LogP contribution in [0.15, 0.2) is 30.4 Å². The molecule has 4 heteroatoms. The molecule has 2 aromatic rings. The smallest absolute Gasteiger partial charge is 0.230 e. The van der Waals surface area contributed by atoms with E-state index in [0.29, 0.717) is 37.7 Å². The van der Waals surface area contributed by atoms with E-state index in [2.05, 4.69) is 16.0 Å². The van der Waals surface area contributed by atoms with Gasteiger partial charge >= 0.3 is 0 Å². The van der Waals surface area contributed by atoms with Gasteiger partial charge in [-0.15, -0.1) is 0 Å². The van der Waals surface area contributed by atoms with Gasteiger partial charge in [0.15, 0.2) is 0 Å². The summed E-state index contributed by atoms with van der Waals surface area (Å²) in [5.74, 6) is -0.0738. The fourth-order valence-corrected chi connectivity index (χ4v) is 4.14. The zero-order valence-electron chi connectivity index (χ0n) is 17.4. The summed E-state index contributed by atoms with van der Waals surface area (Å²) in [6, 6.07) is 2.11. The third-order valence-corrected chi connectivity index (χ3v) is 5.43. The van der Waals surface area contributed by atoms with Crippen LogP contribution in [-0.4, -0.2) is 53.4 Å². The van der Waals surface area contributed by atoms with Crippen LogP contribution in [0.3, 0.4) is 0 Å². The number of H-pyrrole nitrogens is 1. The van der Waals surface area contributed by atoms with Crippen LogP contribution in [-0.2, 0) is 11.2 Å². The second kappa shape index (κ2) is 5.78. The van der Waals surface area contributed by atoms with Gasteiger partial charge in [0.2, 0.25) is 5.91 Å². The zero-order chi connectivity index (χ0) is 19.5. The molecule has 2 heterocycles. The molecule has 4 nitrogen and oxygen atoms in total. The molecule has 0 radical (unpaired) electrons. The van der Waals surface area contributed by atoms with E-state index in [-0.39, 0.29) is 30.0 Å². The summed E-state index contributed by atoms with van der Waals surface area (Å²) in [6.45, 7) is 6.04. The topological polar surface area (TPSA) is 39.3 Å². The molecule has 2 atom stereocenters. The predicted octanol–water partition coefficient (Wildman–Crippen LogP) is 2.91. The van der Waals surface area contributed by atoms with Crippen LogP contribution in [0.5, 0.6) is 0 Å². The molecular weight excluding hydrogens is 298 g/mol. The SMILES string of the molecule is [2H]c1cc2c3c(c([2H])[nH]c3c1[2H])C[C@@H]1C2=C[C@@H](C(=O)N(CC)CC)CN1C. The first-order valence-electron chi connectivity index (χ1n) is 10.2. The lowest BCUT2D eigenvalue weighted by atomic mass is 9.79. The van der Waals surface area contributed by atoms with Gasteiger partial charge in [0.25, 0.3) is 0 Å². The van der Waals surface area contributed by atoms with Crippen molar-refractivity contribution in [1.82, 2.24) is 14.8 Å². The molecule has 0 unspecified atom stereocenters. The maximum atomic E-state index is 12.9. The Hall–Kier alpha value is -2.07. The first-order valence-corrected chi connectivity index (χ1v) is 8.69. The first kappa shape index (κ1) is 12.3. The Balaban J connectivity index is 1.89. The molecule has 126 valence electrons. The summed E-state index contributed by atoms with van der Waals surface area (Å²) < 4.78 is 24.7. The Morgan fingerprint density at radius 1 is 1.46 bits per heavy atom. The Morgan fingerprint density at radius 3 is 3.00 bits per heavy atom. The largest absolute Gasteiger partial charge is 0.361 e. The van der Waals surface area contributed by atoms with Crippen molar-refractivity contribution >= 4 is 22.4 Å². The fourth-order valence-electron chi connectivity index (χ4n) is 4.14. The molecule has 1 N–H and O–H groups in total. The predicted molar refractivity (Wildman–Crippen MR) is 97.8 cm³/mol. The Bertz CT molecular complexity index is 961. The maximum absolute atomic E-state index is 12.9. The molecule has 24 heavy (non-hydrogen) atoms. The average molecular weight is 326 g/mol. The van der Waals surface area contributed by atoms with Gasteiger partial charge in [-0.05, 0) is 50.1 Å². The summed E-state index contributed by atoms with van der Waals surface area (Å²) in [7, 11) is 2.03. The number of hydrogen-bond donors (Lipinski definition) is 1. The minimum atomic E-state index is -0.211. The molecule has 0 spiro atoms. The van der Waals surface area contributed by atoms with Gasteiger partial charge in [0.05, 0.1) is 10.0 Å². The number of fused-ring (bicyclic) bond motifs is 2. The van der Waals surface area contributed by atoms with Crippen LogP contribution in [0.2, 0.25) is 0 Å². The van der Waals surface area contributed by atoms with Gasteiger partial charge < -0.3 is 9.88 Å². The average Bonchev–Trinajstić information content (AvgIpc) is 2.98. The highest BCUT2D eigenvalue weighted by atomic mass is 16.2. The van der Waals surface area contributed by atoms with E-state index >= 15 is 0 Å². The lowest BCUT2D eigenvalue weighted by Gasteiger charge is -2.40. The van der Waals surface area contributed by atoms with Crippen molar-refractivity contribution in [3.63, 3.8) is 0 Å². The van der Waals surface area contributed by atoms with Crippen LogP contribution in [0.4, 0.5) is 0 Å². The van der Waals surface area contributed by atoms with Crippen molar-refractivity contribution < 1.29 is 8.91 Å². The molecule has 4 rings (SSSR count). The van der Waals surface area contributed by atoms with Crippen LogP contribution < -0.4 is 0 Å². The second-order valence-corrected chi connectivity index (χ2v) is 6.70. The van der Waals surface area contributed by atoms with Gasteiger partial charge in [-0.3, -0.25) is 9.69 Å². The Kier molecular flexibility index (Phi) is 2.97. The van der Waals surface area contributed by atoms with Crippen molar-refractivity contribution in [1.29, 1.82) is 0 Å². The van der Waals surface area contributed by atoms with Crippen molar-refractivity contribution in [3.8, 4) is 0 Å². The molecular formula is C20H25N3O. The maximum Gasteiger partial charge on any atom is 0.230 e. The number of nitrogens with one attached hydrogen (secondary N) is 1. The van der Waals surface area contributed by atoms with E-state index in [0.717, 1.165) is 22.1 Å². The lowest BCUT2D eigenvalue weighted by molar-refractivity contribution is -0.134. The van der Waals surface area contributed by atoms with Crippen LogP contribution >= 0.6 is 0 Å². The van der Waals surface area contributed by atoms with Crippen molar-refractivity contribution in [3.05, 3.63) is 41.5 Å². The van der Waals surface area contributed by atoms with Gasteiger partial charge in [-0.2, -0.15) is 0 Å². The fraction of sp³-hybridized carbons (Fsp3) is 0.450. The highest BCUT2D eigenvalue weighted by Gasteiger charge is 2.36. The number of aromatic nitrogens is 1. The normalized spacial score (nSPS) is 24.8. The molecule has 1 aliphatic heterocycles. The molecule has 1 aliphatic carbocycles. The van der Waals surface area contributed by atoms with Crippen molar-refractivity contribution in [2.45, 2.75) is 26.3 Å². The minimum absolute atomic E-state index is 0.0948. The van der Waals surface area contributed by atoms with Crippen molar-refractivity contribution in [2.75, 3.05) is 26.7 Å². The molecule has 1 aromatic heterocycles. The number of nitrogens with zero attached hydrogens (tertiary/aromatic N) is 2. The quantitative estimate of drug-likeness (QED) is 0.942. The third kappa shape index (κ3) is 2.20. The summed E-state index contributed by atoms with van der Waals surface area (Å²) in [5.41, 5.74) is 3.43. The molecule has 0 saturated carbocycles. The molecule has 0 fully saturated rings. The van der Waals surface area contributed by atoms with E-state index in [4.69, 9.17) is 4.11 Å². The number of likely N-dealkylation sites (N-methyl/N-ethyl adjacent to an activating group) is 1. The number of hydrogen-bond acceptors (Lipinski definition) is 2.